The lowest BCUT2D eigenvalue weighted by Gasteiger charge is -2.25. The van der Waals surface area contributed by atoms with E-state index < -0.39 is 23.3 Å². The van der Waals surface area contributed by atoms with Gasteiger partial charge in [-0.2, -0.15) is 0 Å². The summed E-state index contributed by atoms with van der Waals surface area (Å²) in [6.45, 7) is 4.94. The highest BCUT2D eigenvalue weighted by molar-refractivity contribution is 9.10. The molecule has 1 saturated carbocycles. The van der Waals surface area contributed by atoms with Crippen LogP contribution in [0.5, 0.6) is 0 Å². The molecule has 46 heavy (non-hydrogen) atoms. The molecule has 10 nitrogen and oxygen atoms in total. The van der Waals surface area contributed by atoms with Crippen molar-refractivity contribution in [3.63, 3.8) is 0 Å². The number of amides is 2. The minimum absolute atomic E-state index is 0.0628. The van der Waals surface area contributed by atoms with Crippen LogP contribution in [0.3, 0.4) is 0 Å². The van der Waals surface area contributed by atoms with Crippen LogP contribution in [0.1, 0.15) is 58.0 Å². The van der Waals surface area contributed by atoms with Crippen LogP contribution in [0.4, 0.5) is 11.4 Å². The fourth-order valence-corrected chi connectivity index (χ4v) is 7.04. The molecule has 234 valence electrons. The van der Waals surface area contributed by atoms with Crippen LogP contribution in [-0.2, 0) is 14.3 Å². The van der Waals surface area contributed by atoms with Gasteiger partial charge in [0.25, 0.3) is 5.69 Å². The second-order valence-electron chi connectivity index (χ2n) is 12.1. The van der Waals surface area contributed by atoms with E-state index in [-0.39, 0.29) is 40.5 Å². The van der Waals surface area contributed by atoms with Crippen molar-refractivity contribution in [2.24, 2.45) is 17.8 Å². The van der Waals surface area contributed by atoms with Crippen LogP contribution in [0.15, 0.2) is 65.1 Å². The number of esters is 1. The van der Waals surface area contributed by atoms with Crippen molar-refractivity contribution in [1.29, 1.82) is 0 Å². The molecule has 4 aromatic rings. The summed E-state index contributed by atoms with van der Waals surface area (Å²) >= 11 is 3.47. The monoisotopic (exact) mass is 683 g/mol. The second-order valence-corrected chi connectivity index (χ2v) is 13.0. The number of hydrogen-bond acceptors (Lipinski definition) is 8. The summed E-state index contributed by atoms with van der Waals surface area (Å²) in [6, 6.07) is 16.2. The van der Waals surface area contributed by atoms with E-state index in [1.165, 1.54) is 23.1 Å². The Kier molecular flexibility index (Phi) is 8.28. The lowest BCUT2D eigenvalue weighted by Crippen LogP contribution is -2.30. The maximum absolute atomic E-state index is 13.5. The minimum atomic E-state index is -0.761. The van der Waals surface area contributed by atoms with Gasteiger partial charge in [-0.1, -0.05) is 47.1 Å². The molecule has 3 aromatic carbocycles. The van der Waals surface area contributed by atoms with Gasteiger partial charge in [0.15, 0.2) is 6.61 Å². The van der Waals surface area contributed by atoms with Crippen molar-refractivity contribution >= 4 is 61.8 Å². The highest BCUT2D eigenvalue weighted by Crippen LogP contribution is 2.42. The third-order valence-corrected chi connectivity index (χ3v) is 9.42. The van der Waals surface area contributed by atoms with Gasteiger partial charge in [-0.15, -0.1) is 0 Å². The number of hydrogen-bond donors (Lipinski definition) is 0. The highest BCUT2D eigenvalue weighted by atomic mass is 79.9. The molecule has 11 heteroatoms. The molecule has 1 saturated heterocycles. The number of pyridine rings is 1. The number of Topliss-reactive ketones (excluding diaryl/α,β-unsaturated/α-hetero) is 1. The summed E-state index contributed by atoms with van der Waals surface area (Å²) in [6.07, 6.45) is 2.37. The molecule has 2 heterocycles. The molecule has 0 bridgehead atoms. The predicted octanol–water partition coefficient (Wildman–Crippen LogP) is 7.15. The van der Waals surface area contributed by atoms with Gasteiger partial charge in [-0.25, -0.2) is 9.78 Å². The standard InChI is InChI=1S/C35H30BrN3O7/c1-18-4-11-25-27(12-18)34(42)38(33(25)41)24-9-7-21(8-10-24)29-16-28(26-15-23(36)13-20(3)32(26)37-29)35(43)46-17-31(40)22-6-5-19(2)30(14-22)39(44)45/h5-10,13-16,18,25,27H,4,11-12,17H2,1-3H3. The number of nitrogens with zero attached hydrogens (tertiary/aromatic N) is 3. The number of halogens is 1. The Hall–Kier alpha value is -4.77. The first kappa shape index (κ1) is 31.2. The topological polar surface area (TPSA) is 137 Å². The van der Waals surface area contributed by atoms with E-state index in [0.717, 1.165) is 29.3 Å². The average molecular weight is 685 g/mol. The maximum atomic E-state index is 13.5. The SMILES string of the molecule is Cc1ccc(C(=O)COC(=O)c2cc(-c3ccc(N4C(=O)C5CCC(C)CC5C4=O)cc3)nc3c(C)cc(Br)cc23)cc1[N+](=O)[O-]. The Morgan fingerprint density at radius 1 is 0.978 bits per heavy atom. The maximum Gasteiger partial charge on any atom is 0.339 e. The molecule has 2 amide bonds. The van der Waals surface area contributed by atoms with E-state index in [2.05, 4.69) is 22.9 Å². The van der Waals surface area contributed by atoms with E-state index in [1.54, 1.807) is 43.3 Å². The number of ether oxygens (including phenoxy) is 1. The molecular formula is C35H30BrN3O7. The smallest absolute Gasteiger partial charge is 0.339 e. The molecule has 0 spiro atoms. The van der Waals surface area contributed by atoms with Crippen molar-refractivity contribution in [2.45, 2.75) is 40.0 Å². The van der Waals surface area contributed by atoms with E-state index in [4.69, 9.17) is 9.72 Å². The summed E-state index contributed by atoms with van der Waals surface area (Å²) < 4.78 is 6.16. The number of imide groups is 1. The van der Waals surface area contributed by atoms with E-state index >= 15 is 0 Å². The summed E-state index contributed by atoms with van der Waals surface area (Å²) in [5.74, 6) is -1.78. The fourth-order valence-electron chi connectivity index (χ4n) is 6.47. The number of aryl methyl sites for hydroxylation is 2. The molecule has 2 fully saturated rings. The zero-order valence-corrected chi connectivity index (χ0v) is 27.0. The van der Waals surface area contributed by atoms with Crippen molar-refractivity contribution < 1.29 is 28.8 Å². The quantitative estimate of drug-likeness (QED) is 0.0658. The average Bonchev–Trinajstić information content (AvgIpc) is 3.27. The Balaban J connectivity index is 1.29. The molecule has 0 radical (unpaired) electrons. The molecule has 3 unspecified atom stereocenters. The normalized spacial score (nSPS) is 19.3. The highest BCUT2D eigenvalue weighted by Gasteiger charge is 2.49. The Morgan fingerprint density at radius 3 is 2.41 bits per heavy atom. The van der Waals surface area contributed by atoms with Crippen molar-refractivity contribution in [3.05, 3.63) is 97.5 Å². The number of rotatable bonds is 7. The van der Waals surface area contributed by atoms with Gasteiger partial charge < -0.3 is 4.74 Å². The number of carbonyl (C=O) groups excluding carboxylic acids is 4. The van der Waals surface area contributed by atoms with Gasteiger partial charge in [0.05, 0.1) is 39.2 Å². The summed E-state index contributed by atoms with van der Waals surface area (Å²) in [5, 5.41) is 11.8. The van der Waals surface area contributed by atoms with Gasteiger partial charge in [0.2, 0.25) is 17.6 Å². The van der Waals surface area contributed by atoms with Gasteiger partial charge in [-0.3, -0.25) is 29.4 Å². The molecular weight excluding hydrogens is 654 g/mol. The molecule has 1 aliphatic heterocycles. The molecule has 1 aromatic heterocycles. The van der Waals surface area contributed by atoms with E-state index in [0.29, 0.717) is 39.3 Å². The zero-order chi connectivity index (χ0) is 32.9. The lowest BCUT2D eigenvalue weighted by atomic mass is 9.76. The van der Waals surface area contributed by atoms with Gasteiger partial charge >= 0.3 is 5.97 Å². The Morgan fingerprint density at radius 2 is 1.70 bits per heavy atom. The molecule has 0 N–H and O–H groups in total. The van der Waals surface area contributed by atoms with Gasteiger partial charge in [-0.05, 0) is 74.9 Å². The van der Waals surface area contributed by atoms with Crippen LogP contribution in [0.25, 0.3) is 22.2 Å². The second kappa shape index (κ2) is 12.2. The first-order valence-electron chi connectivity index (χ1n) is 15.0. The number of benzene rings is 3. The number of nitro groups is 1. The van der Waals surface area contributed by atoms with E-state index in [1.807, 2.05) is 13.0 Å². The van der Waals surface area contributed by atoms with Crippen LogP contribution in [0.2, 0.25) is 0 Å². The summed E-state index contributed by atoms with van der Waals surface area (Å²) in [5.41, 5.74) is 3.41. The minimum Gasteiger partial charge on any atom is -0.454 e. The van der Waals surface area contributed by atoms with Crippen LogP contribution in [0, 0.1) is 41.7 Å². The van der Waals surface area contributed by atoms with Crippen molar-refractivity contribution in [3.8, 4) is 11.3 Å². The van der Waals surface area contributed by atoms with Crippen molar-refractivity contribution in [2.75, 3.05) is 11.5 Å². The van der Waals surface area contributed by atoms with Gasteiger partial charge in [0, 0.05) is 32.6 Å². The summed E-state index contributed by atoms with van der Waals surface area (Å²) in [4.78, 5) is 69.6. The van der Waals surface area contributed by atoms with Crippen LogP contribution in [-0.4, -0.2) is 40.1 Å². The number of nitro benzene ring substituents is 1. The largest absolute Gasteiger partial charge is 0.454 e. The lowest BCUT2D eigenvalue weighted by molar-refractivity contribution is -0.385. The first-order chi connectivity index (χ1) is 21.9. The number of fused-ring (bicyclic) bond motifs is 2. The van der Waals surface area contributed by atoms with Crippen LogP contribution >= 0.6 is 15.9 Å². The van der Waals surface area contributed by atoms with Gasteiger partial charge in [0.1, 0.15) is 0 Å². The zero-order valence-electron chi connectivity index (χ0n) is 25.4. The number of ketones is 1. The number of anilines is 1. The third-order valence-electron chi connectivity index (χ3n) is 8.96. The Bertz CT molecular complexity index is 1960. The first-order valence-corrected chi connectivity index (χ1v) is 15.8. The molecule has 3 atom stereocenters. The van der Waals surface area contributed by atoms with Crippen molar-refractivity contribution in [1.82, 2.24) is 4.98 Å². The Labute approximate surface area is 273 Å². The third kappa shape index (κ3) is 5.71. The fraction of sp³-hybridized carbons (Fsp3) is 0.286. The number of carbonyl (C=O) groups is 4. The van der Waals surface area contributed by atoms with Crippen LogP contribution < -0.4 is 4.90 Å². The molecule has 1 aliphatic carbocycles. The molecule has 6 rings (SSSR count). The number of aromatic nitrogens is 1. The van der Waals surface area contributed by atoms with E-state index in [9.17, 15) is 29.3 Å². The molecule has 2 aliphatic rings. The predicted molar refractivity (Wildman–Crippen MR) is 175 cm³/mol. The summed E-state index contributed by atoms with van der Waals surface area (Å²) in [7, 11) is 0.